The van der Waals surface area contributed by atoms with Crippen LogP contribution < -0.4 is 0 Å². The molecule has 0 atom stereocenters. The molecule has 0 amide bonds. The van der Waals surface area contributed by atoms with Crippen LogP contribution in [0.2, 0.25) is 0 Å². The van der Waals surface area contributed by atoms with Gasteiger partial charge in [0.25, 0.3) is 0 Å². The number of nitrogens with zero attached hydrogens (tertiary/aromatic N) is 2. The Balaban J connectivity index is 2.02. The second-order valence-corrected chi connectivity index (χ2v) is 5.43. The maximum atomic E-state index is 11.8. The first kappa shape index (κ1) is 15.3. The van der Waals surface area contributed by atoms with Crippen molar-refractivity contribution >= 4 is 5.97 Å². The van der Waals surface area contributed by atoms with E-state index < -0.39 is 0 Å². The number of methoxy groups -OCH3 is 1. The molecular weight excluding hydrogens is 264 g/mol. The van der Waals surface area contributed by atoms with Crippen molar-refractivity contribution < 1.29 is 9.53 Å². The predicted molar refractivity (Wildman–Crippen MR) is 82.4 cm³/mol. The lowest BCUT2D eigenvalue weighted by molar-refractivity contribution is 0.0599. The molecule has 0 bridgehead atoms. The van der Waals surface area contributed by atoms with Gasteiger partial charge in [-0.3, -0.25) is 4.68 Å². The Morgan fingerprint density at radius 3 is 2.62 bits per heavy atom. The SMILES string of the molecule is COC(=O)c1cn(CCCc2ccccc2)nc1C(C)C. The van der Waals surface area contributed by atoms with Gasteiger partial charge in [0.2, 0.25) is 0 Å². The Kier molecular flexibility index (Phi) is 5.14. The van der Waals surface area contributed by atoms with Crippen molar-refractivity contribution in [2.45, 2.75) is 39.2 Å². The highest BCUT2D eigenvalue weighted by Gasteiger charge is 2.18. The molecule has 4 heteroatoms. The van der Waals surface area contributed by atoms with E-state index in [9.17, 15) is 4.79 Å². The van der Waals surface area contributed by atoms with E-state index in [1.807, 2.05) is 24.6 Å². The number of ether oxygens (including phenoxy) is 1. The van der Waals surface area contributed by atoms with Crippen LogP contribution in [0.5, 0.6) is 0 Å². The van der Waals surface area contributed by atoms with Crippen LogP contribution in [-0.2, 0) is 17.7 Å². The smallest absolute Gasteiger partial charge is 0.341 e. The monoisotopic (exact) mass is 286 g/mol. The highest BCUT2D eigenvalue weighted by Crippen LogP contribution is 2.18. The molecule has 0 aliphatic carbocycles. The Labute approximate surface area is 125 Å². The van der Waals surface area contributed by atoms with Crippen molar-refractivity contribution in [1.82, 2.24) is 9.78 Å². The van der Waals surface area contributed by atoms with E-state index in [2.05, 4.69) is 29.4 Å². The first-order valence-corrected chi connectivity index (χ1v) is 7.31. The van der Waals surface area contributed by atoms with Crippen molar-refractivity contribution in [3.8, 4) is 0 Å². The number of carbonyl (C=O) groups excluding carboxylic acids is 1. The summed E-state index contributed by atoms with van der Waals surface area (Å²) in [5.74, 6) is -0.109. The zero-order valence-electron chi connectivity index (χ0n) is 12.9. The Bertz CT molecular complexity index is 588. The van der Waals surface area contributed by atoms with Crippen LogP contribution in [0.3, 0.4) is 0 Å². The number of hydrogen-bond acceptors (Lipinski definition) is 3. The van der Waals surface area contributed by atoms with E-state index in [0.717, 1.165) is 25.1 Å². The summed E-state index contributed by atoms with van der Waals surface area (Å²) >= 11 is 0. The van der Waals surface area contributed by atoms with Gasteiger partial charge >= 0.3 is 5.97 Å². The molecule has 21 heavy (non-hydrogen) atoms. The number of rotatable bonds is 6. The van der Waals surface area contributed by atoms with Gasteiger partial charge in [-0.1, -0.05) is 44.2 Å². The largest absolute Gasteiger partial charge is 0.465 e. The molecule has 0 saturated carbocycles. The zero-order valence-corrected chi connectivity index (χ0v) is 12.9. The van der Waals surface area contributed by atoms with Crippen LogP contribution in [0.25, 0.3) is 0 Å². The Hall–Kier alpha value is -2.10. The third-order valence-corrected chi connectivity index (χ3v) is 3.44. The maximum Gasteiger partial charge on any atom is 0.341 e. The van der Waals surface area contributed by atoms with Gasteiger partial charge in [0.1, 0.15) is 5.56 Å². The Morgan fingerprint density at radius 1 is 1.29 bits per heavy atom. The molecule has 1 aromatic heterocycles. The summed E-state index contributed by atoms with van der Waals surface area (Å²) in [5.41, 5.74) is 2.70. The number of aromatic nitrogens is 2. The van der Waals surface area contributed by atoms with Crippen LogP contribution in [0.4, 0.5) is 0 Å². The number of aryl methyl sites for hydroxylation is 2. The molecule has 0 saturated heterocycles. The van der Waals surface area contributed by atoms with Crippen molar-refractivity contribution in [3.63, 3.8) is 0 Å². The fourth-order valence-electron chi connectivity index (χ4n) is 2.33. The summed E-state index contributed by atoms with van der Waals surface area (Å²) in [5, 5.41) is 4.53. The van der Waals surface area contributed by atoms with Gasteiger partial charge < -0.3 is 4.74 Å². The minimum atomic E-state index is -0.312. The quantitative estimate of drug-likeness (QED) is 0.764. The van der Waals surface area contributed by atoms with Gasteiger partial charge in [-0.15, -0.1) is 0 Å². The average molecular weight is 286 g/mol. The minimum Gasteiger partial charge on any atom is -0.465 e. The molecule has 0 aliphatic heterocycles. The summed E-state index contributed by atoms with van der Waals surface area (Å²) < 4.78 is 6.67. The predicted octanol–water partition coefficient (Wildman–Crippen LogP) is 3.43. The van der Waals surface area contributed by atoms with Crippen molar-refractivity contribution in [2.75, 3.05) is 7.11 Å². The van der Waals surface area contributed by atoms with Gasteiger partial charge in [0.15, 0.2) is 0 Å². The number of esters is 1. The fraction of sp³-hybridized carbons (Fsp3) is 0.412. The zero-order chi connectivity index (χ0) is 15.2. The van der Waals surface area contributed by atoms with Crippen molar-refractivity contribution in [1.29, 1.82) is 0 Å². The summed E-state index contributed by atoms with van der Waals surface area (Å²) in [6.07, 6.45) is 3.79. The minimum absolute atomic E-state index is 0.203. The van der Waals surface area contributed by atoms with E-state index in [1.54, 1.807) is 6.20 Å². The Morgan fingerprint density at radius 2 is 2.00 bits per heavy atom. The standard InChI is InChI=1S/C17H22N2O2/c1-13(2)16-15(17(20)21-3)12-19(18-16)11-7-10-14-8-5-4-6-9-14/h4-6,8-9,12-13H,7,10-11H2,1-3H3. The van der Waals surface area contributed by atoms with Crippen LogP contribution in [-0.4, -0.2) is 22.9 Å². The van der Waals surface area contributed by atoms with Crippen LogP contribution in [0, 0.1) is 0 Å². The van der Waals surface area contributed by atoms with E-state index in [1.165, 1.54) is 12.7 Å². The van der Waals surface area contributed by atoms with Gasteiger partial charge in [-0.25, -0.2) is 4.79 Å². The second-order valence-electron chi connectivity index (χ2n) is 5.43. The molecule has 2 aromatic rings. The molecule has 0 spiro atoms. The molecular formula is C17H22N2O2. The van der Waals surface area contributed by atoms with E-state index in [-0.39, 0.29) is 11.9 Å². The lowest BCUT2D eigenvalue weighted by Crippen LogP contribution is -2.04. The van der Waals surface area contributed by atoms with E-state index >= 15 is 0 Å². The molecule has 1 heterocycles. The lowest BCUT2D eigenvalue weighted by atomic mass is 10.1. The first-order valence-electron chi connectivity index (χ1n) is 7.31. The van der Waals surface area contributed by atoms with Crippen molar-refractivity contribution in [2.24, 2.45) is 0 Å². The van der Waals surface area contributed by atoms with Gasteiger partial charge in [-0.2, -0.15) is 5.10 Å². The second kappa shape index (κ2) is 7.07. The molecule has 0 radical (unpaired) electrons. The maximum absolute atomic E-state index is 11.8. The van der Waals surface area contributed by atoms with E-state index in [4.69, 9.17) is 4.74 Å². The third-order valence-electron chi connectivity index (χ3n) is 3.44. The van der Waals surface area contributed by atoms with Crippen LogP contribution in [0.15, 0.2) is 36.5 Å². The molecule has 2 rings (SSSR count). The molecule has 0 fully saturated rings. The molecule has 112 valence electrons. The van der Waals surface area contributed by atoms with Crippen molar-refractivity contribution in [3.05, 3.63) is 53.3 Å². The summed E-state index contributed by atoms with van der Waals surface area (Å²) in [6.45, 7) is 4.86. The molecule has 0 aliphatic rings. The van der Waals surface area contributed by atoms with Crippen LogP contribution >= 0.6 is 0 Å². The first-order chi connectivity index (χ1) is 10.1. The topological polar surface area (TPSA) is 44.1 Å². The third kappa shape index (κ3) is 3.94. The molecule has 0 N–H and O–H groups in total. The number of hydrogen-bond donors (Lipinski definition) is 0. The average Bonchev–Trinajstić information content (AvgIpc) is 2.92. The van der Waals surface area contributed by atoms with Gasteiger partial charge in [0.05, 0.1) is 12.8 Å². The highest BCUT2D eigenvalue weighted by molar-refractivity contribution is 5.90. The van der Waals surface area contributed by atoms with Crippen LogP contribution in [0.1, 0.15) is 47.8 Å². The summed E-state index contributed by atoms with van der Waals surface area (Å²) in [4.78, 5) is 11.8. The molecule has 4 nitrogen and oxygen atoms in total. The summed E-state index contributed by atoms with van der Waals surface area (Å²) in [7, 11) is 1.40. The number of benzene rings is 1. The molecule has 0 unspecified atom stereocenters. The number of carbonyl (C=O) groups is 1. The van der Waals surface area contributed by atoms with Gasteiger partial charge in [-0.05, 0) is 24.3 Å². The molecule has 1 aromatic carbocycles. The normalized spacial score (nSPS) is 10.9. The summed E-state index contributed by atoms with van der Waals surface area (Å²) in [6, 6.07) is 10.4. The van der Waals surface area contributed by atoms with E-state index in [0.29, 0.717) is 5.56 Å². The fourth-order valence-corrected chi connectivity index (χ4v) is 2.33. The van der Waals surface area contributed by atoms with Gasteiger partial charge in [0, 0.05) is 12.7 Å². The highest BCUT2D eigenvalue weighted by atomic mass is 16.5. The lowest BCUT2D eigenvalue weighted by Gasteiger charge is -2.03.